The van der Waals surface area contributed by atoms with E-state index in [9.17, 15) is 4.79 Å². The summed E-state index contributed by atoms with van der Waals surface area (Å²) >= 11 is 0. The first-order valence-electron chi connectivity index (χ1n) is 6.82. The zero-order chi connectivity index (χ0) is 14.3. The van der Waals surface area contributed by atoms with Crippen LogP contribution < -0.4 is 5.32 Å². The van der Waals surface area contributed by atoms with Crippen LogP contribution in [-0.4, -0.2) is 12.5 Å². The Kier molecular flexibility index (Phi) is 6.08. The molecule has 0 aliphatic heterocycles. The zero-order valence-corrected chi connectivity index (χ0v) is 11.9. The summed E-state index contributed by atoms with van der Waals surface area (Å²) in [6, 6.07) is 12.0. The van der Waals surface area contributed by atoms with E-state index in [2.05, 4.69) is 25.2 Å². The highest BCUT2D eigenvalue weighted by Gasteiger charge is 2.25. The Morgan fingerprint density at radius 3 is 2.47 bits per heavy atom. The standard InChI is InChI=1S/C16H22N2O/c1-4-13(3)15(14-8-6-5-7-9-14)16(19)18-11-12(2)10-17/h5-9,12-13,15H,4,11H2,1-3H3,(H,18,19). The van der Waals surface area contributed by atoms with E-state index < -0.39 is 0 Å². The quantitative estimate of drug-likeness (QED) is 0.852. The third kappa shape index (κ3) is 4.40. The average Bonchev–Trinajstić information content (AvgIpc) is 2.45. The van der Waals surface area contributed by atoms with Crippen LogP contribution in [0.4, 0.5) is 0 Å². The summed E-state index contributed by atoms with van der Waals surface area (Å²) in [5.74, 6) is -0.00293. The fourth-order valence-electron chi connectivity index (χ4n) is 2.04. The summed E-state index contributed by atoms with van der Waals surface area (Å²) in [6.45, 7) is 6.40. The van der Waals surface area contributed by atoms with Crippen molar-refractivity contribution in [3.63, 3.8) is 0 Å². The van der Waals surface area contributed by atoms with Crippen molar-refractivity contribution in [1.29, 1.82) is 5.26 Å². The molecule has 0 aliphatic rings. The van der Waals surface area contributed by atoms with E-state index in [0.29, 0.717) is 6.54 Å². The average molecular weight is 258 g/mol. The van der Waals surface area contributed by atoms with E-state index in [0.717, 1.165) is 12.0 Å². The van der Waals surface area contributed by atoms with Crippen molar-refractivity contribution in [3.05, 3.63) is 35.9 Å². The van der Waals surface area contributed by atoms with Crippen LogP contribution in [0.15, 0.2) is 30.3 Å². The molecule has 0 saturated heterocycles. The van der Waals surface area contributed by atoms with E-state index in [1.807, 2.05) is 30.3 Å². The molecule has 0 heterocycles. The highest BCUT2D eigenvalue weighted by molar-refractivity contribution is 5.84. The number of amides is 1. The number of hydrogen-bond acceptors (Lipinski definition) is 2. The molecular formula is C16H22N2O. The van der Waals surface area contributed by atoms with Gasteiger partial charge in [0.2, 0.25) is 5.91 Å². The minimum absolute atomic E-state index is 0.0163. The molecular weight excluding hydrogens is 236 g/mol. The highest BCUT2D eigenvalue weighted by atomic mass is 16.1. The molecule has 0 aromatic heterocycles. The first-order valence-corrected chi connectivity index (χ1v) is 6.82. The molecule has 0 bridgehead atoms. The molecule has 1 aromatic rings. The number of rotatable bonds is 6. The van der Waals surface area contributed by atoms with Gasteiger partial charge in [0.05, 0.1) is 17.9 Å². The van der Waals surface area contributed by atoms with Gasteiger partial charge in [-0.1, -0.05) is 50.6 Å². The molecule has 3 heteroatoms. The second-order valence-corrected chi connectivity index (χ2v) is 5.05. The van der Waals surface area contributed by atoms with Crippen molar-refractivity contribution in [3.8, 4) is 6.07 Å². The number of nitrogens with zero attached hydrogens (tertiary/aromatic N) is 1. The Bertz CT molecular complexity index is 436. The predicted octanol–water partition coefficient (Wildman–Crippen LogP) is 3.09. The number of nitriles is 1. The molecule has 1 amide bonds. The van der Waals surface area contributed by atoms with Crippen molar-refractivity contribution in [1.82, 2.24) is 5.32 Å². The minimum atomic E-state index is -0.155. The molecule has 3 atom stereocenters. The van der Waals surface area contributed by atoms with Gasteiger partial charge in [0.15, 0.2) is 0 Å². The lowest BCUT2D eigenvalue weighted by atomic mass is 9.85. The van der Waals surface area contributed by atoms with Crippen molar-refractivity contribution in [2.75, 3.05) is 6.54 Å². The Labute approximate surface area is 115 Å². The lowest BCUT2D eigenvalue weighted by Crippen LogP contribution is -2.35. The summed E-state index contributed by atoms with van der Waals surface area (Å²) < 4.78 is 0. The SMILES string of the molecule is CCC(C)C(C(=O)NCC(C)C#N)c1ccccc1. The van der Waals surface area contributed by atoms with Crippen molar-refractivity contribution < 1.29 is 4.79 Å². The molecule has 0 fully saturated rings. The van der Waals surface area contributed by atoms with Gasteiger partial charge >= 0.3 is 0 Å². The Morgan fingerprint density at radius 2 is 1.95 bits per heavy atom. The maximum Gasteiger partial charge on any atom is 0.227 e. The molecule has 19 heavy (non-hydrogen) atoms. The topological polar surface area (TPSA) is 52.9 Å². The van der Waals surface area contributed by atoms with Crippen LogP contribution in [0.2, 0.25) is 0 Å². The summed E-state index contributed by atoms with van der Waals surface area (Å²) in [5.41, 5.74) is 1.04. The number of carbonyl (C=O) groups excluding carboxylic acids is 1. The summed E-state index contributed by atoms with van der Waals surface area (Å²) in [5, 5.41) is 11.6. The molecule has 0 aliphatic carbocycles. The molecule has 0 saturated carbocycles. The molecule has 1 aromatic carbocycles. The molecule has 1 rings (SSSR count). The van der Waals surface area contributed by atoms with Crippen LogP contribution in [0.5, 0.6) is 0 Å². The van der Waals surface area contributed by atoms with E-state index in [1.54, 1.807) is 6.92 Å². The maximum atomic E-state index is 12.3. The van der Waals surface area contributed by atoms with Gasteiger partial charge < -0.3 is 5.32 Å². The third-order valence-corrected chi connectivity index (χ3v) is 3.46. The lowest BCUT2D eigenvalue weighted by molar-refractivity contribution is -0.123. The van der Waals surface area contributed by atoms with Gasteiger partial charge in [-0.15, -0.1) is 0 Å². The number of benzene rings is 1. The van der Waals surface area contributed by atoms with E-state index in [-0.39, 0.29) is 23.7 Å². The normalized spacial score (nSPS) is 15.1. The molecule has 0 spiro atoms. The Hall–Kier alpha value is -1.82. The third-order valence-electron chi connectivity index (χ3n) is 3.46. The monoisotopic (exact) mass is 258 g/mol. The van der Waals surface area contributed by atoms with Crippen LogP contribution in [0.25, 0.3) is 0 Å². The lowest BCUT2D eigenvalue weighted by Gasteiger charge is -2.23. The van der Waals surface area contributed by atoms with E-state index in [4.69, 9.17) is 5.26 Å². The first kappa shape index (κ1) is 15.2. The van der Waals surface area contributed by atoms with Gasteiger partial charge in [-0.2, -0.15) is 5.26 Å². The summed E-state index contributed by atoms with van der Waals surface area (Å²) in [6.07, 6.45) is 0.945. The first-order chi connectivity index (χ1) is 9.10. The summed E-state index contributed by atoms with van der Waals surface area (Å²) in [4.78, 5) is 12.3. The molecule has 3 unspecified atom stereocenters. The Morgan fingerprint density at radius 1 is 1.32 bits per heavy atom. The molecule has 102 valence electrons. The van der Waals surface area contributed by atoms with Crippen LogP contribution >= 0.6 is 0 Å². The fourth-order valence-corrected chi connectivity index (χ4v) is 2.04. The largest absolute Gasteiger partial charge is 0.354 e. The Balaban J connectivity index is 2.81. The van der Waals surface area contributed by atoms with Crippen molar-refractivity contribution >= 4 is 5.91 Å². The van der Waals surface area contributed by atoms with Crippen LogP contribution in [0.3, 0.4) is 0 Å². The van der Waals surface area contributed by atoms with Crippen molar-refractivity contribution in [2.45, 2.75) is 33.1 Å². The maximum absolute atomic E-state index is 12.3. The van der Waals surface area contributed by atoms with Gasteiger partial charge in [-0.25, -0.2) is 0 Å². The van der Waals surface area contributed by atoms with Gasteiger partial charge in [-0.05, 0) is 18.4 Å². The molecule has 1 N–H and O–H groups in total. The van der Waals surface area contributed by atoms with Gasteiger partial charge in [0.25, 0.3) is 0 Å². The van der Waals surface area contributed by atoms with Crippen LogP contribution in [0, 0.1) is 23.2 Å². The van der Waals surface area contributed by atoms with E-state index in [1.165, 1.54) is 0 Å². The van der Waals surface area contributed by atoms with E-state index >= 15 is 0 Å². The van der Waals surface area contributed by atoms with Crippen LogP contribution in [-0.2, 0) is 4.79 Å². The van der Waals surface area contributed by atoms with Crippen molar-refractivity contribution in [2.24, 2.45) is 11.8 Å². The highest BCUT2D eigenvalue weighted by Crippen LogP contribution is 2.27. The molecule has 0 radical (unpaired) electrons. The minimum Gasteiger partial charge on any atom is -0.354 e. The predicted molar refractivity (Wildman–Crippen MR) is 76.4 cm³/mol. The number of nitrogens with one attached hydrogen (secondary N) is 1. The fraction of sp³-hybridized carbons (Fsp3) is 0.500. The second kappa shape index (κ2) is 7.58. The van der Waals surface area contributed by atoms with Gasteiger partial charge in [-0.3, -0.25) is 4.79 Å². The second-order valence-electron chi connectivity index (χ2n) is 5.05. The number of hydrogen-bond donors (Lipinski definition) is 1. The van der Waals surface area contributed by atoms with Crippen LogP contribution in [0.1, 0.15) is 38.7 Å². The van der Waals surface area contributed by atoms with Gasteiger partial charge in [0, 0.05) is 6.54 Å². The number of carbonyl (C=O) groups is 1. The smallest absolute Gasteiger partial charge is 0.227 e. The zero-order valence-electron chi connectivity index (χ0n) is 11.9. The molecule has 3 nitrogen and oxygen atoms in total. The summed E-state index contributed by atoms with van der Waals surface area (Å²) in [7, 11) is 0. The van der Waals surface area contributed by atoms with Gasteiger partial charge in [0.1, 0.15) is 0 Å².